The zero-order chi connectivity index (χ0) is 13.8. The molecule has 2 heterocycles. The molecule has 1 aromatic rings. The first-order chi connectivity index (χ1) is 9.06. The Bertz CT molecular complexity index is 443. The Kier molecular flexibility index (Phi) is 4.71. The number of ether oxygens (including phenoxy) is 1. The lowest BCUT2D eigenvalue weighted by Gasteiger charge is -2.29. The number of morpholine rings is 1. The molecule has 1 amide bonds. The van der Waals surface area contributed by atoms with Gasteiger partial charge in [0.2, 0.25) is 5.91 Å². The van der Waals surface area contributed by atoms with E-state index in [2.05, 4.69) is 31.2 Å². The average molecular weight is 329 g/mol. The predicted octanol–water partition coefficient (Wildman–Crippen LogP) is 1.21. The van der Waals surface area contributed by atoms with Gasteiger partial charge in [0, 0.05) is 19.2 Å². The second-order valence-electron chi connectivity index (χ2n) is 4.43. The molecule has 0 aromatic carbocycles. The quantitative estimate of drug-likeness (QED) is 0.845. The van der Waals surface area contributed by atoms with Crippen LogP contribution in [0.2, 0.25) is 0 Å². The summed E-state index contributed by atoms with van der Waals surface area (Å²) in [6.07, 6.45) is 0. The zero-order valence-corrected chi connectivity index (χ0v) is 12.6. The van der Waals surface area contributed by atoms with Gasteiger partial charge in [0.15, 0.2) is 0 Å². The number of carbonyl (C=O) groups excluding carboxylic acids is 1. The molecule has 1 aromatic heterocycles. The summed E-state index contributed by atoms with van der Waals surface area (Å²) in [5.41, 5.74) is 0. The second-order valence-corrected chi connectivity index (χ2v) is 5.24. The molecule has 0 bridgehead atoms. The minimum absolute atomic E-state index is 0.0655. The molecule has 1 unspecified atom stereocenters. The average Bonchev–Trinajstić information content (AvgIpc) is 2.37. The lowest BCUT2D eigenvalue weighted by molar-refractivity contribution is -0.135. The Balaban J connectivity index is 1.99. The van der Waals surface area contributed by atoms with E-state index < -0.39 is 0 Å². The van der Waals surface area contributed by atoms with Gasteiger partial charge in [-0.1, -0.05) is 0 Å². The first-order valence-corrected chi connectivity index (χ1v) is 7.00. The molecule has 7 heteroatoms. The summed E-state index contributed by atoms with van der Waals surface area (Å²) in [4.78, 5) is 22.4. The summed E-state index contributed by atoms with van der Waals surface area (Å²) >= 11 is 3.31. The fourth-order valence-corrected chi connectivity index (χ4v) is 2.42. The largest absolute Gasteiger partial charge is 0.378 e. The number of hydrogen-bond acceptors (Lipinski definition) is 5. The van der Waals surface area contributed by atoms with E-state index in [4.69, 9.17) is 4.74 Å². The lowest BCUT2D eigenvalue weighted by Crippen LogP contribution is -2.47. The number of hydrogen-bond donors (Lipinski definition) is 1. The van der Waals surface area contributed by atoms with Gasteiger partial charge in [-0.05, 0) is 29.8 Å². The van der Waals surface area contributed by atoms with Crippen LogP contribution in [-0.2, 0) is 9.53 Å². The molecule has 0 aliphatic carbocycles. The van der Waals surface area contributed by atoms with Crippen LogP contribution in [0, 0.1) is 6.92 Å². The molecular formula is C12H17BrN4O2. The van der Waals surface area contributed by atoms with E-state index in [1.807, 2.05) is 18.7 Å². The van der Waals surface area contributed by atoms with Gasteiger partial charge in [0.05, 0.1) is 13.2 Å². The number of nitrogens with zero attached hydrogens (tertiary/aromatic N) is 3. The van der Waals surface area contributed by atoms with Crippen LogP contribution in [0.25, 0.3) is 0 Å². The van der Waals surface area contributed by atoms with E-state index in [-0.39, 0.29) is 11.9 Å². The van der Waals surface area contributed by atoms with Crippen molar-refractivity contribution in [2.45, 2.75) is 19.9 Å². The highest BCUT2D eigenvalue weighted by Crippen LogP contribution is 2.13. The number of rotatable bonds is 3. The topological polar surface area (TPSA) is 67.4 Å². The van der Waals surface area contributed by atoms with Crippen molar-refractivity contribution in [1.82, 2.24) is 14.9 Å². The van der Waals surface area contributed by atoms with E-state index in [1.165, 1.54) is 0 Å². The number of aryl methyl sites for hydroxylation is 1. The van der Waals surface area contributed by atoms with Crippen molar-refractivity contribution < 1.29 is 9.53 Å². The summed E-state index contributed by atoms with van der Waals surface area (Å²) in [5, 5.41) is 3.11. The summed E-state index contributed by atoms with van der Waals surface area (Å²) in [6, 6.07) is 1.44. The van der Waals surface area contributed by atoms with Gasteiger partial charge in [-0.3, -0.25) is 4.79 Å². The molecule has 19 heavy (non-hydrogen) atoms. The van der Waals surface area contributed by atoms with Gasteiger partial charge in [-0.25, -0.2) is 9.97 Å². The van der Waals surface area contributed by atoms with Gasteiger partial charge in [0.1, 0.15) is 22.3 Å². The molecule has 6 nitrogen and oxygen atoms in total. The fourth-order valence-electron chi connectivity index (χ4n) is 1.95. The molecule has 1 fully saturated rings. The fraction of sp³-hybridized carbons (Fsp3) is 0.583. The molecule has 1 N–H and O–H groups in total. The van der Waals surface area contributed by atoms with Crippen LogP contribution in [0.5, 0.6) is 0 Å². The van der Waals surface area contributed by atoms with Crippen LogP contribution >= 0.6 is 15.9 Å². The Morgan fingerprint density at radius 3 is 2.79 bits per heavy atom. The number of aromatic nitrogens is 2. The minimum atomic E-state index is -0.320. The Hall–Kier alpha value is -1.21. The van der Waals surface area contributed by atoms with E-state index >= 15 is 0 Å². The Labute approximate surface area is 120 Å². The molecule has 1 aliphatic heterocycles. The highest BCUT2D eigenvalue weighted by molar-refractivity contribution is 9.10. The van der Waals surface area contributed by atoms with Crippen LogP contribution in [-0.4, -0.2) is 53.1 Å². The van der Waals surface area contributed by atoms with E-state index in [1.54, 1.807) is 6.07 Å². The SMILES string of the molecule is Cc1nc(Br)cc(NC(C)C(=O)N2CCOCC2)n1. The normalized spacial score (nSPS) is 17.1. The van der Waals surface area contributed by atoms with Crippen LogP contribution in [0.1, 0.15) is 12.7 Å². The van der Waals surface area contributed by atoms with Gasteiger partial charge >= 0.3 is 0 Å². The van der Waals surface area contributed by atoms with Crippen molar-refractivity contribution in [3.63, 3.8) is 0 Å². The molecule has 0 radical (unpaired) electrons. The number of nitrogens with one attached hydrogen (secondary N) is 1. The van der Waals surface area contributed by atoms with Crippen molar-refractivity contribution in [2.24, 2.45) is 0 Å². The maximum Gasteiger partial charge on any atom is 0.244 e. The molecule has 2 rings (SSSR count). The van der Waals surface area contributed by atoms with Crippen LogP contribution in [0.4, 0.5) is 5.82 Å². The maximum atomic E-state index is 12.2. The summed E-state index contributed by atoms with van der Waals surface area (Å²) in [5.74, 6) is 1.37. The Morgan fingerprint density at radius 2 is 2.16 bits per heavy atom. The highest BCUT2D eigenvalue weighted by Gasteiger charge is 2.22. The number of anilines is 1. The molecule has 1 aliphatic rings. The summed E-state index contributed by atoms with van der Waals surface area (Å²) in [6.45, 7) is 6.16. The number of carbonyl (C=O) groups is 1. The van der Waals surface area contributed by atoms with Gasteiger partial charge in [-0.2, -0.15) is 0 Å². The Morgan fingerprint density at radius 1 is 1.47 bits per heavy atom. The molecule has 104 valence electrons. The van der Waals surface area contributed by atoms with E-state index in [0.29, 0.717) is 42.5 Å². The van der Waals surface area contributed by atoms with Crippen LogP contribution in [0.15, 0.2) is 10.7 Å². The minimum Gasteiger partial charge on any atom is -0.378 e. The third-order valence-electron chi connectivity index (χ3n) is 2.86. The lowest BCUT2D eigenvalue weighted by atomic mass is 10.2. The second kappa shape index (κ2) is 6.29. The molecule has 1 saturated heterocycles. The van der Waals surface area contributed by atoms with Crippen molar-refractivity contribution >= 4 is 27.7 Å². The van der Waals surface area contributed by atoms with Crippen LogP contribution < -0.4 is 5.32 Å². The monoisotopic (exact) mass is 328 g/mol. The van der Waals surface area contributed by atoms with E-state index in [0.717, 1.165) is 0 Å². The van der Waals surface area contributed by atoms with Crippen LogP contribution in [0.3, 0.4) is 0 Å². The van der Waals surface area contributed by atoms with Crippen molar-refractivity contribution in [3.8, 4) is 0 Å². The maximum absolute atomic E-state index is 12.2. The molecule has 0 spiro atoms. The number of halogens is 1. The highest BCUT2D eigenvalue weighted by atomic mass is 79.9. The first kappa shape index (κ1) is 14.2. The van der Waals surface area contributed by atoms with Crippen molar-refractivity contribution in [2.75, 3.05) is 31.6 Å². The third kappa shape index (κ3) is 3.87. The van der Waals surface area contributed by atoms with Gasteiger partial charge in [-0.15, -0.1) is 0 Å². The first-order valence-electron chi connectivity index (χ1n) is 6.20. The molecule has 0 saturated carbocycles. The number of amides is 1. The zero-order valence-electron chi connectivity index (χ0n) is 11.0. The summed E-state index contributed by atoms with van der Waals surface area (Å²) < 4.78 is 5.94. The van der Waals surface area contributed by atoms with E-state index in [9.17, 15) is 4.79 Å². The smallest absolute Gasteiger partial charge is 0.244 e. The van der Waals surface area contributed by atoms with Gasteiger partial charge < -0.3 is 15.0 Å². The standard InChI is InChI=1S/C12H17BrN4O2/c1-8(12(18)17-3-5-19-6-4-17)14-11-7-10(13)15-9(2)16-11/h7-8H,3-6H2,1-2H3,(H,14,15,16). The van der Waals surface area contributed by atoms with Crippen molar-refractivity contribution in [1.29, 1.82) is 0 Å². The molecule has 1 atom stereocenters. The third-order valence-corrected chi connectivity index (χ3v) is 3.27. The van der Waals surface area contributed by atoms with Crippen molar-refractivity contribution in [3.05, 3.63) is 16.5 Å². The van der Waals surface area contributed by atoms with Gasteiger partial charge in [0.25, 0.3) is 0 Å². The summed E-state index contributed by atoms with van der Waals surface area (Å²) in [7, 11) is 0. The predicted molar refractivity (Wildman–Crippen MR) is 75.0 cm³/mol. The molecular weight excluding hydrogens is 312 g/mol.